The highest BCUT2D eigenvalue weighted by Gasteiger charge is 2.20. The molecule has 1 heterocycles. The van der Waals surface area contributed by atoms with E-state index < -0.39 is 5.82 Å². The van der Waals surface area contributed by atoms with E-state index in [1.54, 1.807) is 6.07 Å². The van der Waals surface area contributed by atoms with Gasteiger partial charge in [0, 0.05) is 17.9 Å². The maximum absolute atomic E-state index is 13.6. The Kier molecular flexibility index (Phi) is 2.49. The first-order chi connectivity index (χ1) is 8.79. The average molecular weight is 238 g/mol. The van der Waals surface area contributed by atoms with Crippen molar-refractivity contribution in [3.8, 4) is 6.07 Å². The molecular weight excluding hydrogens is 227 g/mol. The SMILES string of the molecule is N#Cc1ccc(N2CCc3ccccc32)cc1F. The van der Waals surface area contributed by atoms with Gasteiger partial charge < -0.3 is 4.90 Å². The molecule has 2 nitrogen and oxygen atoms in total. The first-order valence-corrected chi connectivity index (χ1v) is 5.84. The first kappa shape index (κ1) is 10.8. The number of anilines is 2. The van der Waals surface area contributed by atoms with Crippen LogP contribution >= 0.6 is 0 Å². The Morgan fingerprint density at radius 3 is 2.78 bits per heavy atom. The lowest BCUT2D eigenvalue weighted by atomic mass is 10.1. The molecule has 3 heteroatoms. The van der Waals surface area contributed by atoms with Gasteiger partial charge in [0.1, 0.15) is 11.9 Å². The minimum atomic E-state index is -0.459. The third kappa shape index (κ3) is 1.63. The molecule has 0 amide bonds. The van der Waals surface area contributed by atoms with Crippen LogP contribution in [-0.4, -0.2) is 6.54 Å². The lowest BCUT2D eigenvalue weighted by Crippen LogP contribution is -2.13. The van der Waals surface area contributed by atoms with Crippen molar-refractivity contribution < 1.29 is 4.39 Å². The van der Waals surface area contributed by atoms with E-state index in [0.29, 0.717) is 0 Å². The predicted octanol–water partition coefficient (Wildman–Crippen LogP) is 3.39. The Morgan fingerprint density at radius 2 is 2.00 bits per heavy atom. The van der Waals surface area contributed by atoms with Crippen molar-refractivity contribution in [3.05, 3.63) is 59.4 Å². The van der Waals surface area contributed by atoms with Crippen LogP contribution in [0, 0.1) is 17.1 Å². The van der Waals surface area contributed by atoms with E-state index >= 15 is 0 Å². The number of benzene rings is 2. The van der Waals surface area contributed by atoms with Crippen LogP contribution in [0.25, 0.3) is 0 Å². The normalized spacial score (nSPS) is 13.2. The summed E-state index contributed by atoms with van der Waals surface area (Å²) in [7, 11) is 0. The topological polar surface area (TPSA) is 27.0 Å². The zero-order valence-corrected chi connectivity index (χ0v) is 9.73. The first-order valence-electron chi connectivity index (χ1n) is 5.84. The average Bonchev–Trinajstić information content (AvgIpc) is 2.82. The van der Waals surface area contributed by atoms with Crippen LogP contribution in [0.5, 0.6) is 0 Å². The summed E-state index contributed by atoms with van der Waals surface area (Å²) in [5, 5.41) is 8.73. The largest absolute Gasteiger partial charge is 0.341 e. The molecule has 1 aliphatic heterocycles. The van der Waals surface area contributed by atoms with Crippen molar-refractivity contribution in [1.29, 1.82) is 5.26 Å². The monoisotopic (exact) mass is 238 g/mol. The van der Waals surface area contributed by atoms with Gasteiger partial charge in [0.2, 0.25) is 0 Å². The molecule has 0 aromatic heterocycles. The van der Waals surface area contributed by atoms with Crippen LogP contribution in [0.1, 0.15) is 11.1 Å². The van der Waals surface area contributed by atoms with E-state index in [2.05, 4.69) is 11.0 Å². The van der Waals surface area contributed by atoms with Gasteiger partial charge in [-0.2, -0.15) is 5.26 Å². The number of hydrogen-bond donors (Lipinski definition) is 0. The minimum absolute atomic E-state index is 0.0891. The standard InChI is InChI=1S/C15H11FN2/c16-14-9-13(6-5-12(14)10-17)18-8-7-11-3-1-2-4-15(11)18/h1-6,9H,7-8H2. The summed E-state index contributed by atoms with van der Waals surface area (Å²) < 4.78 is 13.6. The van der Waals surface area contributed by atoms with Crippen molar-refractivity contribution in [2.75, 3.05) is 11.4 Å². The Morgan fingerprint density at radius 1 is 1.17 bits per heavy atom. The van der Waals surface area contributed by atoms with E-state index in [-0.39, 0.29) is 5.56 Å². The van der Waals surface area contributed by atoms with Crippen molar-refractivity contribution in [3.63, 3.8) is 0 Å². The number of hydrogen-bond acceptors (Lipinski definition) is 2. The maximum Gasteiger partial charge on any atom is 0.143 e. The van der Waals surface area contributed by atoms with E-state index in [1.807, 2.05) is 24.3 Å². The molecule has 0 atom stereocenters. The van der Waals surface area contributed by atoms with Gasteiger partial charge in [-0.25, -0.2) is 4.39 Å². The molecule has 3 rings (SSSR count). The van der Waals surface area contributed by atoms with Gasteiger partial charge in [-0.1, -0.05) is 18.2 Å². The second kappa shape index (κ2) is 4.15. The summed E-state index contributed by atoms with van der Waals surface area (Å²) in [5.41, 5.74) is 3.30. The molecule has 0 fully saturated rings. The number of nitrogens with zero attached hydrogens (tertiary/aromatic N) is 2. The van der Waals surface area contributed by atoms with E-state index in [4.69, 9.17) is 5.26 Å². The zero-order valence-electron chi connectivity index (χ0n) is 9.73. The fourth-order valence-electron chi connectivity index (χ4n) is 2.37. The number of rotatable bonds is 1. The van der Waals surface area contributed by atoms with Gasteiger partial charge in [0.25, 0.3) is 0 Å². The van der Waals surface area contributed by atoms with E-state index in [0.717, 1.165) is 24.3 Å². The molecular formula is C15H11FN2. The fourth-order valence-corrected chi connectivity index (χ4v) is 2.37. The third-order valence-electron chi connectivity index (χ3n) is 3.27. The molecule has 0 unspecified atom stereocenters. The number of fused-ring (bicyclic) bond motifs is 1. The molecule has 0 saturated heterocycles. The van der Waals surface area contributed by atoms with Gasteiger partial charge in [-0.05, 0) is 36.2 Å². The predicted molar refractivity (Wildman–Crippen MR) is 68.3 cm³/mol. The number of para-hydroxylation sites is 1. The smallest absolute Gasteiger partial charge is 0.143 e. The summed E-state index contributed by atoms with van der Waals surface area (Å²) in [6, 6.07) is 14.7. The van der Waals surface area contributed by atoms with Gasteiger partial charge >= 0.3 is 0 Å². The van der Waals surface area contributed by atoms with Gasteiger partial charge in [0.15, 0.2) is 0 Å². The molecule has 88 valence electrons. The van der Waals surface area contributed by atoms with Gasteiger partial charge in [0.05, 0.1) is 5.56 Å². The number of halogens is 1. The summed E-state index contributed by atoms with van der Waals surface area (Å²) in [6.45, 7) is 0.852. The summed E-state index contributed by atoms with van der Waals surface area (Å²) in [4.78, 5) is 2.08. The Balaban J connectivity index is 2.03. The molecule has 0 bridgehead atoms. The Hall–Kier alpha value is -2.34. The van der Waals surface area contributed by atoms with Crippen LogP contribution in [0.2, 0.25) is 0 Å². The van der Waals surface area contributed by atoms with Crippen molar-refractivity contribution >= 4 is 11.4 Å². The lowest BCUT2D eigenvalue weighted by molar-refractivity contribution is 0.624. The van der Waals surface area contributed by atoms with Gasteiger partial charge in [-0.3, -0.25) is 0 Å². The highest BCUT2D eigenvalue weighted by atomic mass is 19.1. The van der Waals surface area contributed by atoms with E-state index in [9.17, 15) is 4.39 Å². The molecule has 0 aliphatic carbocycles. The Labute approximate surface area is 105 Å². The second-order valence-corrected chi connectivity index (χ2v) is 4.31. The third-order valence-corrected chi connectivity index (χ3v) is 3.27. The molecule has 0 saturated carbocycles. The minimum Gasteiger partial charge on any atom is -0.341 e. The zero-order chi connectivity index (χ0) is 12.5. The van der Waals surface area contributed by atoms with Crippen molar-refractivity contribution in [2.45, 2.75) is 6.42 Å². The van der Waals surface area contributed by atoms with Crippen LogP contribution in [-0.2, 0) is 6.42 Å². The second-order valence-electron chi connectivity index (χ2n) is 4.31. The summed E-state index contributed by atoms with van der Waals surface area (Å²) >= 11 is 0. The van der Waals surface area contributed by atoms with Crippen LogP contribution in [0.4, 0.5) is 15.8 Å². The highest BCUT2D eigenvalue weighted by molar-refractivity contribution is 5.70. The quantitative estimate of drug-likeness (QED) is 0.761. The molecule has 1 aliphatic rings. The highest BCUT2D eigenvalue weighted by Crippen LogP contribution is 2.34. The Bertz CT molecular complexity index is 643. The van der Waals surface area contributed by atoms with Crippen LogP contribution in [0.3, 0.4) is 0 Å². The summed E-state index contributed by atoms with van der Waals surface area (Å²) in [6.07, 6.45) is 0.970. The van der Waals surface area contributed by atoms with Crippen LogP contribution < -0.4 is 4.90 Å². The summed E-state index contributed by atoms with van der Waals surface area (Å²) in [5.74, 6) is -0.459. The molecule has 0 radical (unpaired) electrons. The van der Waals surface area contributed by atoms with Crippen LogP contribution in [0.15, 0.2) is 42.5 Å². The molecule has 0 N–H and O–H groups in total. The fraction of sp³-hybridized carbons (Fsp3) is 0.133. The maximum atomic E-state index is 13.6. The van der Waals surface area contributed by atoms with Crippen molar-refractivity contribution in [1.82, 2.24) is 0 Å². The van der Waals surface area contributed by atoms with E-state index in [1.165, 1.54) is 17.7 Å². The lowest BCUT2D eigenvalue weighted by Gasteiger charge is -2.19. The molecule has 18 heavy (non-hydrogen) atoms. The number of nitriles is 1. The molecule has 2 aromatic rings. The van der Waals surface area contributed by atoms with Gasteiger partial charge in [-0.15, -0.1) is 0 Å². The molecule has 2 aromatic carbocycles. The van der Waals surface area contributed by atoms with Crippen molar-refractivity contribution in [2.24, 2.45) is 0 Å². The molecule has 0 spiro atoms.